The Morgan fingerprint density at radius 3 is 3.00 bits per heavy atom. The number of anilines is 1. The number of nitrogen functional groups attached to an aromatic ring is 1. The van der Waals surface area contributed by atoms with Crippen molar-refractivity contribution < 1.29 is 4.74 Å². The standard InChI is InChI=1S/C11H12ClN3O/c1-15-6-8(5-14-15)7-16-11-4-9(12)2-3-10(11)13/h2-6H,7,13H2,1H3. The number of ether oxygens (including phenoxy) is 1. The largest absolute Gasteiger partial charge is 0.487 e. The summed E-state index contributed by atoms with van der Waals surface area (Å²) in [6.45, 7) is 0.429. The number of aromatic nitrogens is 2. The molecule has 0 spiro atoms. The Kier molecular flexibility index (Phi) is 3.01. The Hall–Kier alpha value is -1.68. The molecule has 0 unspecified atom stereocenters. The van der Waals surface area contributed by atoms with Gasteiger partial charge in [0.1, 0.15) is 12.4 Å². The summed E-state index contributed by atoms with van der Waals surface area (Å²) >= 11 is 5.85. The minimum Gasteiger partial charge on any atom is -0.487 e. The Morgan fingerprint density at radius 1 is 1.50 bits per heavy atom. The maximum Gasteiger partial charge on any atom is 0.144 e. The number of benzene rings is 1. The van der Waals surface area contributed by atoms with E-state index >= 15 is 0 Å². The molecule has 0 radical (unpaired) electrons. The van der Waals surface area contributed by atoms with Gasteiger partial charge in [-0.15, -0.1) is 0 Å². The second-order valence-electron chi connectivity index (χ2n) is 3.49. The van der Waals surface area contributed by atoms with Crippen molar-refractivity contribution in [2.75, 3.05) is 5.73 Å². The summed E-state index contributed by atoms with van der Waals surface area (Å²) in [6, 6.07) is 5.15. The zero-order chi connectivity index (χ0) is 11.5. The molecule has 84 valence electrons. The second-order valence-corrected chi connectivity index (χ2v) is 3.93. The number of hydrogen-bond acceptors (Lipinski definition) is 3. The van der Waals surface area contributed by atoms with Gasteiger partial charge in [-0.3, -0.25) is 4.68 Å². The lowest BCUT2D eigenvalue weighted by Gasteiger charge is -2.07. The highest BCUT2D eigenvalue weighted by atomic mass is 35.5. The zero-order valence-electron chi connectivity index (χ0n) is 8.85. The van der Waals surface area contributed by atoms with Crippen molar-refractivity contribution in [3.8, 4) is 5.75 Å². The lowest BCUT2D eigenvalue weighted by Crippen LogP contribution is -1.97. The molecule has 0 amide bonds. The van der Waals surface area contributed by atoms with Crippen LogP contribution in [0.1, 0.15) is 5.56 Å². The molecule has 0 saturated heterocycles. The Balaban J connectivity index is 2.07. The molecule has 0 aliphatic carbocycles. The molecule has 0 aliphatic heterocycles. The second kappa shape index (κ2) is 4.45. The molecule has 1 heterocycles. The van der Waals surface area contributed by atoms with E-state index in [0.29, 0.717) is 23.1 Å². The van der Waals surface area contributed by atoms with Crippen LogP contribution in [-0.2, 0) is 13.7 Å². The highest BCUT2D eigenvalue weighted by Crippen LogP contribution is 2.25. The fraction of sp³-hybridized carbons (Fsp3) is 0.182. The SMILES string of the molecule is Cn1cc(COc2cc(Cl)ccc2N)cn1. The average molecular weight is 238 g/mol. The number of rotatable bonds is 3. The van der Waals surface area contributed by atoms with Crippen molar-refractivity contribution in [1.82, 2.24) is 9.78 Å². The number of nitrogens with two attached hydrogens (primary N) is 1. The van der Waals surface area contributed by atoms with Crippen molar-refractivity contribution in [1.29, 1.82) is 0 Å². The van der Waals surface area contributed by atoms with Gasteiger partial charge in [-0.05, 0) is 12.1 Å². The molecule has 2 aromatic rings. The van der Waals surface area contributed by atoms with Crippen LogP contribution in [0.15, 0.2) is 30.6 Å². The molecule has 0 bridgehead atoms. The summed E-state index contributed by atoms with van der Waals surface area (Å²) in [5, 5.41) is 4.66. The van der Waals surface area contributed by atoms with Gasteiger partial charge in [0.2, 0.25) is 0 Å². The van der Waals surface area contributed by atoms with E-state index < -0.39 is 0 Å². The molecule has 0 aliphatic rings. The summed E-state index contributed by atoms with van der Waals surface area (Å²) in [7, 11) is 1.86. The Bertz CT molecular complexity index is 496. The van der Waals surface area contributed by atoms with Crippen molar-refractivity contribution in [3.63, 3.8) is 0 Å². The predicted molar refractivity (Wildman–Crippen MR) is 63.4 cm³/mol. The summed E-state index contributed by atoms with van der Waals surface area (Å²) in [5.74, 6) is 0.594. The van der Waals surface area contributed by atoms with Gasteiger partial charge in [0, 0.05) is 29.9 Å². The first-order valence-electron chi connectivity index (χ1n) is 4.80. The fourth-order valence-electron chi connectivity index (χ4n) is 1.34. The van der Waals surface area contributed by atoms with Gasteiger partial charge in [-0.1, -0.05) is 11.6 Å². The first-order valence-corrected chi connectivity index (χ1v) is 5.18. The normalized spacial score (nSPS) is 10.4. The third-order valence-corrected chi connectivity index (χ3v) is 2.36. The van der Waals surface area contributed by atoms with Crippen molar-refractivity contribution >= 4 is 17.3 Å². The van der Waals surface area contributed by atoms with Gasteiger partial charge in [0.15, 0.2) is 0 Å². The monoisotopic (exact) mass is 237 g/mol. The minimum atomic E-state index is 0.429. The summed E-state index contributed by atoms with van der Waals surface area (Å²) in [6.07, 6.45) is 3.64. The van der Waals surface area contributed by atoms with Crippen LogP contribution in [0, 0.1) is 0 Å². The molecule has 4 nitrogen and oxygen atoms in total. The van der Waals surface area contributed by atoms with Crippen LogP contribution >= 0.6 is 11.6 Å². The van der Waals surface area contributed by atoms with Crippen LogP contribution in [0.2, 0.25) is 5.02 Å². The number of hydrogen-bond donors (Lipinski definition) is 1. The smallest absolute Gasteiger partial charge is 0.144 e. The number of halogens is 1. The Labute approximate surface area is 98.6 Å². The molecule has 2 rings (SSSR count). The maximum absolute atomic E-state index is 5.85. The summed E-state index contributed by atoms with van der Waals surface area (Å²) < 4.78 is 7.28. The van der Waals surface area contributed by atoms with Gasteiger partial charge < -0.3 is 10.5 Å². The minimum absolute atomic E-state index is 0.429. The molecule has 1 aromatic heterocycles. The molecule has 0 fully saturated rings. The van der Waals surface area contributed by atoms with E-state index in [4.69, 9.17) is 22.1 Å². The van der Waals surface area contributed by atoms with E-state index in [0.717, 1.165) is 5.56 Å². The van der Waals surface area contributed by atoms with Crippen molar-refractivity contribution in [2.45, 2.75) is 6.61 Å². The zero-order valence-corrected chi connectivity index (χ0v) is 9.61. The quantitative estimate of drug-likeness (QED) is 0.833. The van der Waals surface area contributed by atoms with Crippen molar-refractivity contribution in [2.24, 2.45) is 7.05 Å². The first kappa shape index (κ1) is 10.8. The van der Waals surface area contributed by atoms with E-state index in [1.165, 1.54) is 0 Å². The Morgan fingerprint density at radius 2 is 2.31 bits per heavy atom. The highest BCUT2D eigenvalue weighted by molar-refractivity contribution is 6.30. The summed E-state index contributed by atoms with van der Waals surface area (Å²) in [5.41, 5.74) is 7.32. The lowest BCUT2D eigenvalue weighted by molar-refractivity contribution is 0.308. The third kappa shape index (κ3) is 2.46. The van der Waals surface area contributed by atoms with Crippen LogP contribution in [0.3, 0.4) is 0 Å². The summed E-state index contributed by atoms with van der Waals surface area (Å²) in [4.78, 5) is 0. The topological polar surface area (TPSA) is 53.1 Å². The molecule has 16 heavy (non-hydrogen) atoms. The van der Waals surface area contributed by atoms with E-state index in [-0.39, 0.29) is 0 Å². The fourth-order valence-corrected chi connectivity index (χ4v) is 1.50. The number of aryl methyl sites for hydroxylation is 1. The maximum atomic E-state index is 5.85. The molecule has 1 aromatic carbocycles. The molecular weight excluding hydrogens is 226 g/mol. The van der Waals surface area contributed by atoms with Crippen LogP contribution < -0.4 is 10.5 Å². The van der Waals surface area contributed by atoms with Crippen LogP contribution in [0.25, 0.3) is 0 Å². The van der Waals surface area contributed by atoms with Gasteiger partial charge >= 0.3 is 0 Å². The van der Waals surface area contributed by atoms with E-state index in [1.807, 2.05) is 13.2 Å². The van der Waals surface area contributed by atoms with E-state index in [9.17, 15) is 0 Å². The van der Waals surface area contributed by atoms with Gasteiger partial charge in [-0.25, -0.2) is 0 Å². The van der Waals surface area contributed by atoms with Crippen molar-refractivity contribution in [3.05, 3.63) is 41.2 Å². The molecule has 0 atom stereocenters. The van der Waals surface area contributed by atoms with Crippen LogP contribution in [0.4, 0.5) is 5.69 Å². The molecule has 0 saturated carbocycles. The molecule has 5 heteroatoms. The van der Waals surface area contributed by atoms with Gasteiger partial charge in [0.05, 0.1) is 11.9 Å². The average Bonchev–Trinajstić information content (AvgIpc) is 2.66. The predicted octanol–water partition coefficient (Wildman–Crippen LogP) is 2.23. The molecular formula is C11H12ClN3O. The third-order valence-electron chi connectivity index (χ3n) is 2.13. The van der Waals surface area contributed by atoms with E-state index in [1.54, 1.807) is 29.1 Å². The highest BCUT2D eigenvalue weighted by Gasteiger charge is 2.03. The first-order chi connectivity index (χ1) is 7.65. The van der Waals surface area contributed by atoms with Gasteiger partial charge in [0.25, 0.3) is 0 Å². The lowest BCUT2D eigenvalue weighted by atomic mass is 10.3. The van der Waals surface area contributed by atoms with Gasteiger partial charge in [-0.2, -0.15) is 5.10 Å². The van der Waals surface area contributed by atoms with Crippen LogP contribution in [0.5, 0.6) is 5.75 Å². The van der Waals surface area contributed by atoms with Crippen LogP contribution in [-0.4, -0.2) is 9.78 Å². The molecule has 2 N–H and O–H groups in total. The van der Waals surface area contributed by atoms with E-state index in [2.05, 4.69) is 5.10 Å². The number of nitrogens with zero attached hydrogens (tertiary/aromatic N) is 2.